The van der Waals surface area contributed by atoms with E-state index in [1.807, 2.05) is 0 Å². The van der Waals surface area contributed by atoms with E-state index < -0.39 is 0 Å². The van der Waals surface area contributed by atoms with Crippen LogP contribution in [0.4, 0.5) is 0 Å². The zero-order chi connectivity index (χ0) is 10.4. The Hall–Kier alpha value is -0.820. The minimum atomic E-state index is 0.706. The number of hydrogen-bond donors (Lipinski definition) is 1. The molecule has 0 aliphatic carbocycles. The Morgan fingerprint density at radius 1 is 1.14 bits per heavy atom. The molecule has 2 N–H and O–H groups in total. The van der Waals surface area contributed by atoms with Crippen LogP contribution in [0.1, 0.15) is 43.7 Å². The van der Waals surface area contributed by atoms with Gasteiger partial charge in [0, 0.05) is 0 Å². The molecule has 0 saturated carbocycles. The zero-order valence-corrected chi connectivity index (χ0v) is 9.29. The van der Waals surface area contributed by atoms with E-state index in [-0.39, 0.29) is 0 Å². The molecule has 0 unspecified atom stereocenters. The highest BCUT2D eigenvalue weighted by Gasteiger charge is 2.10. The molecule has 0 saturated heterocycles. The Morgan fingerprint density at radius 3 is 2.36 bits per heavy atom. The quantitative estimate of drug-likeness (QED) is 0.760. The van der Waals surface area contributed by atoms with E-state index in [0.29, 0.717) is 5.92 Å². The topological polar surface area (TPSA) is 26.0 Å². The molecular weight excluding hydrogens is 170 g/mol. The van der Waals surface area contributed by atoms with Crippen molar-refractivity contribution in [2.75, 3.05) is 6.54 Å². The molecule has 1 aromatic carbocycles. The molecule has 1 rings (SSSR count). The SMILES string of the molecule is CCC(CC)c1ccccc1CCN. The average Bonchev–Trinajstić information content (AvgIpc) is 2.23. The molecule has 0 radical (unpaired) electrons. The summed E-state index contributed by atoms with van der Waals surface area (Å²) in [6, 6.07) is 8.70. The van der Waals surface area contributed by atoms with E-state index >= 15 is 0 Å². The fourth-order valence-corrected chi connectivity index (χ4v) is 2.04. The zero-order valence-electron chi connectivity index (χ0n) is 9.29. The fraction of sp³-hybridized carbons (Fsp3) is 0.538. The second-order valence-corrected chi connectivity index (χ2v) is 3.75. The predicted molar refractivity (Wildman–Crippen MR) is 62.5 cm³/mol. The maximum Gasteiger partial charge on any atom is -0.00366 e. The lowest BCUT2D eigenvalue weighted by atomic mass is 9.89. The van der Waals surface area contributed by atoms with Crippen molar-refractivity contribution in [1.29, 1.82) is 0 Å². The summed E-state index contributed by atoms with van der Waals surface area (Å²) in [5.41, 5.74) is 8.55. The minimum Gasteiger partial charge on any atom is -0.330 e. The summed E-state index contributed by atoms with van der Waals surface area (Å²) in [7, 11) is 0. The molecule has 1 heteroatoms. The van der Waals surface area contributed by atoms with Crippen LogP contribution in [0.3, 0.4) is 0 Å². The van der Waals surface area contributed by atoms with E-state index in [0.717, 1.165) is 13.0 Å². The first-order valence-corrected chi connectivity index (χ1v) is 5.61. The van der Waals surface area contributed by atoms with Gasteiger partial charge in [0.15, 0.2) is 0 Å². The summed E-state index contributed by atoms with van der Waals surface area (Å²) >= 11 is 0. The van der Waals surface area contributed by atoms with E-state index in [1.165, 1.54) is 24.0 Å². The Bertz CT molecular complexity index is 264. The number of nitrogens with two attached hydrogens (primary N) is 1. The number of rotatable bonds is 5. The van der Waals surface area contributed by atoms with E-state index in [4.69, 9.17) is 5.73 Å². The normalized spacial score (nSPS) is 10.9. The average molecular weight is 191 g/mol. The van der Waals surface area contributed by atoms with Gasteiger partial charge in [-0.25, -0.2) is 0 Å². The lowest BCUT2D eigenvalue weighted by molar-refractivity contribution is 0.634. The second kappa shape index (κ2) is 5.82. The van der Waals surface area contributed by atoms with Gasteiger partial charge in [0.25, 0.3) is 0 Å². The smallest absolute Gasteiger partial charge is 0.00366 e. The lowest BCUT2D eigenvalue weighted by Crippen LogP contribution is -2.07. The Morgan fingerprint density at radius 2 is 1.79 bits per heavy atom. The van der Waals surface area contributed by atoms with E-state index in [2.05, 4.69) is 38.1 Å². The van der Waals surface area contributed by atoms with E-state index in [1.54, 1.807) is 0 Å². The molecule has 78 valence electrons. The van der Waals surface area contributed by atoms with Gasteiger partial charge in [-0.15, -0.1) is 0 Å². The van der Waals surface area contributed by atoms with E-state index in [9.17, 15) is 0 Å². The molecule has 0 amide bonds. The van der Waals surface area contributed by atoms with Crippen LogP contribution in [-0.2, 0) is 6.42 Å². The van der Waals surface area contributed by atoms with Crippen molar-refractivity contribution in [1.82, 2.24) is 0 Å². The molecule has 0 atom stereocenters. The molecular formula is C13H21N. The lowest BCUT2D eigenvalue weighted by Gasteiger charge is -2.17. The Kier molecular flexibility index (Phi) is 4.68. The molecule has 1 aromatic rings. The van der Waals surface area contributed by atoms with Crippen molar-refractivity contribution in [2.24, 2.45) is 5.73 Å². The van der Waals surface area contributed by atoms with Crippen LogP contribution in [0.2, 0.25) is 0 Å². The maximum absolute atomic E-state index is 5.61. The molecule has 0 aliphatic rings. The summed E-state index contributed by atoms with van der Waals surface area (Å²) in [6.45, 7) is 5.26. The molecule has 0 aliphatic heterocycles. The van der Waals surface area contributed by atoms with Crippen molar-refractivity contribution in [3.63, 3.8) is 0 Å². The van der Waals surface area contributed by atoms with Gasteiger partial charge in [0.1, 0.15) is 0 Å². The molecule has 0 fully saturated rings. The first-order valence-electron chi connectivity index (χ1n) is 5.61. The highest BCUT2D eigenvalue weighted by atomic mass is 14.5. The minimum absolute atomic E-state index is 0.706. The van der Waals surface area contributed by atoms with Gasteiger partial charge >= 0.3 is 0 Å². The number of benzene rings is 1. The monoisotopic (exact) mass is 191 g/mol. The first kappa shape index (κ1) is 11.3. The standard InChI is InChI=1S/C13H21N/c1-3-11(4-2)13-8-6-5-7-12(13)9-10-14/h5-8,11H,3-4,9-10,14H2,1-2H3. The first-order chi connectivity index (χ1) is 6.83. The van der Waals surface area contributed by atoms with Gasteiger partial charge < -0.3 is 5.73 Å². The highest BCUT2D eigenvalue weighted by molar-refractivity contribution is 5.30. The van der Waals surface area contributed by atoms with Crippen LogP contribution in [0, 0.1) is 0 Å². The van der Waals surface area contributed by atoms with Crippen LogP contribution in [-0.4, -0.2) is 6.54 Å². The van der Waals surface area contributed by atoms with Crippen LogP contribution < -0.4 is 5.73 Å². The van der Waals surface area contributed by atoms with Gasteiger partial charge in [0.05, 0.1) is 0 Å². The maximum atomic E-state index is 5.61. The molecule has 1 nitrogen and oxygen atoms in total. The summed E-state index contributed by atoms with van der Waals surface area (Å²) < 4.78 is 0. The molecule has 0 aromatic heterocycles. The van der Waals surface area contributed by atoms with Gasteiger partial charge in [-0.1, -0.05) is 38.1 Å². The molecule has 0 bridgehead atoms. The van der Waals surface area contributed by atoms with Crippen LogP contribution in [0.25, 0.3) is 0 Å². The van der Waals surface area contributed by atoms with Crippen LogP contribution >= 0.6 is 0 Å². The van der Waals surface area contributed by atoms with Crippen molar-refractivity contribution in [3.05, 3.63) is 35.4 Å². The highest BCUT2D eigenvalue weighted by Crippen LogP contribution is 2.26. The third kappa shape index (κ3) is 2.58. The molecule has 0 heterocycles. The van der Waals surface area contributed by atoms with Crippen molar-refractivity contribution < 1.29 is 0 Å². The summed E-state index contributed by atoms with van der Waals surface area (Å²) in [5, 5.41) is 0. The Balaban J connectivity index is 2.92. The fourth-order valence-electron chi connectivity index (χ4n) is 2.04. The Labute approximate surface area is 87.3 Å². The summed E-state index contributed by atoms with van der Waals surface area (Å²) in [4.78, 5) is 0. The van der Waals surface area contributed by atoms with Crippen LogP contribution in [0.5, 0.6) is 0 Å². The predicted octanol–water partition coefficient (Wildman–Crippen LogP) is 3.09. The van der Waals surface area contributed by atoms with Crippen molar-refractivity contribution in [2.45, 2.75) is 39.0 Å². The third-order valence-electron chi connectivity index (χ3n) is 2.89. The van der Waals surface area contributed by atoms with Gasteiger partial charge in [-0.3, -0.25) is 0 Å². The largest absolute Gasteiger partial charge is 0.330 e. The van der Waals surface area contributed by atoms with Crippen LogP contribution in [0.15, 0.2) is 24.3 Å². The third-order valence-corrected chi connectivity index (χ3v) is 2.89. The number of hydrogen-bond acceptors (Lipinski definition) is 1. The van der Waals surface area contributed by atoms with Crippen molar-refractivity contribution in [3.8, 4) is 0 Å². The van der Waals surface area contributed by atoms with Gasteiger partial charge in [-0.05, 0) is 42.9 Å². The molecule has 14 heavy (non-hydrogen) atoms. The molecule has 0 spiro atoms. The summed E-state index contributed by atoms with van der Waals surface area (Å²) in [5.74, 6) is 0.706. The van der Waals surface area contributed by atoms with Crippen molar-refractivity contribution >= 4 is 0 Å². The second-order valence-electron chi connectivity index (χ2n) is 3.75. The van der Waals surface area contributed by atoms with Gasteiger partial charge in [-0.2, -0.15) is 0 Å². The summed E-state index contributed by atoms with van der Waals surface area (Å²) in [6.07, 6.45) is 3.45. The van der Waals surface area contributed by atoms with Gasteiger partial charge in [0.2, 0.25) is 0 Å².